The van der Waals surface area contributed by atoms with Gasteiger partial charge in [-0.3, -0.25) is 4.98 Å². The van der Waals surface area contributed by atoms with Crippen LogP contribution in [0.15, 0.2) is 79.3 Å². The van der Waals surface area contributed by atoms with Gasteiger partial charge in [0.25, 0.3) is 0 Å². The van der Waals surface area contributed by atoms with E-state index in [-0.39, 0.29) is 0 Å². The first-order valence-electron chi connectivity index (χ1n) is 8.61. The Labute approximate surface area is 148 Å². The quantitative estimate of drug-likeness (QED) is 0.449. The smallest absolute Gasteiger partial charge is 0.0970 e. The number of imidazole rings is 1. The maximum atomic E-state index is 4.74. The van der Waals surface area contributed by atoms with E-state index in [9.17, 15) is 0 Å². The van der Waals surface area contributed by atoms with Crippen LogP contribution in [0.25, 0.3) is 49.4 Å². The molecule has 3 heterocycles. The number of fused-ring (bicyclic) bond motifs is 7. The molecule has 0 saturated carbocycles. The molecule has 3 aromatic heterocycles. The number of hydrogen-bond acceptors (Lipinski definition) is 2. The second-order valence-electron chi connectivity index (χ2n) is 6.46. The Balaban J connectivity index is 1.94. The molecule has 0 fully saturated rings. The van der Waals surface area contributed by atoms with Crippen LogP contribution in [0.2, 0.25) is 0 Å². The SMILES string of the molecule is c1ccc(-n2c3cccnc3c3c4c(ccc5[nH]cnc54)ccc32)cc1. The van der Waals surface area contributed by atoms with Crippen LogP contribution in [0.4, 0.5) is 0 Å². The summed E-state index contributed by atoms with van der Waals surface area (Å²) in [5, 5.41) is 3.48. The van der Waals surface area contributed by atoms with Crippen LogP contribution in [0.5, 0.6) is 0 Å². The van der Waals surface area contributed by atoms with Crippen molar-refractivity contribution in [3.8, 4) is 5.69 Å². The van der Waals surface area contributed by atoms with Crippen molar-refractivity contribution in [1.29, 1.82) is 0 Å². The number of aromatic nitrogens is 4. The Bertz CT molecular complexity index is 1420. The first-order chi connectivity index (χ1) is 12.9. The van der Waals surface area contributed by atoms with Crippen molar-refractivity contribution in [2.45, 2.75) is 0 Å². The van der Waals surface area contributed by atoms with Crippen LogP contribution in [0, 0.1) is 0 Å². The Hall–Kier alpha value is -3.66. The Morgan fingerprint density at radius 1 is 0.692 bits per heavy atom. The summed E-state index contributed by atoms with van der Waals surface area (Å²) in [5.74, 6) is 0. The molecule has 122 valence electrons. The van der Waals surface area contributed by atoms with E-state index < -0.39 is 0 Å². The summed E-state index contributed by atoms with van der Waals surface area (Å²) >= 11 is 0. The molecule has 6 rings (SSSR count). The van der Waals surface area contributed by atoms with E-state index in [1.54, 1.807) is 6.33 Å². The molecule has 0 spiro atoms. The van der Waals surface area contributed by atoms with E-state index in [1.807, 2.05) is 18.3 Å². The van der Waals surface area contributed by atoms with Crippen molar-refractivity contribution in [2.24, 2.45) is 0 Å². The molecule has 4 nitrogen and oxygen atoms in total. The molecular weight excluding hydrogens is 320 g/mol. The van der Waals surface area contributed by atoms with Crippen molar-refractivity contribution < 1.29 is 0 Å². The molecule has 26 heavy (non-hydrogen) atoms. The minimum atomic E-state index is 0.992. The summed E-state index contributed by atoms with van der Waals surface area (Å²) in [4.78, 5) is 12.6. The molecule has 0 atom stereocenters. The molecule has 0 unspecified atom stereocenters. The van der Waals surface area contributed by atoms with E-state index in [1.165, 1.54) is 5.39 Å². The predicted molar refractivity (Wildman–Crippen MR) is 106 cm³/mol. The Morgan fingerprint density at radius 3 is 2.50 bits per heavy atom. The third-order valence-electron chi connectivity index (χ3n) is 5.07. The summed E-state index contributed by atoms with van der Waals surface area (Å²) in [7, 11) is 0. The van der Waals surface area contributed by atoms with Gasteiger partial charge in [0.15, 0.2) is 0 Å². The third kappa shape index (κ3) is 1.68. The van der Waals surface area contributed by atoms with Gasteiger partial charge in [0.2, 0.25) is 0 Å². The van der Waals surface area contributed by atoms with Crippen LogP contribution in [0.1, 0.15) is 0 Å². The molecule has 3 aromatic carbocycles. The standard InChI is InChI=1S/C22H14N4/c1-2-5-15(6-3-1)26-17-11-9-14-8-10-16-21(25-13-24-16)19(14)20(17)22-18(26)7-4-12-23-22/h1-13H,(H,24,25). The van der Waals surface area contributed by atoms with Gasteiger partial charge in [0.1, 0.15) is 0 Å². The van der Waals surface area contributed by atoms with Crippen molar-refractivity contribution in [3.63, 3.8) is 0 Å². The van der Waals surface area contributed by atoms with E-state index >= 15 is 0 Å². The predicted octanol–water partition coefficient (Wildman–Crippen LogP) is 5.21. The molecule has 0 aliphatic carbocycles. The topological polar surface area (TPSA) is 46.5 Å². The number of rotatable bonds is 1. The highest BCUT2D eigenvalue weighted by Crippen LogP contribution is 2.37. The van der Waals surface area contributed by atoms with E-state index in [0.29, 0.717) is 0 Å². The number of pyridine rings is 1. The summed E-state index contributed by atoms with van der Waals surface area (Å²) in [5.41, 5.74) is 6.43. The van der Waals surface area contributed by atoms with Crippen molar-refractivity contribution in [2.75, 3.05) is 0 Å². The number of hydrogen-bond donors (Lipinski definition) is 1. The lowest BCUT2D eigenvalue weighted by molar-refractivity contribution is 1.18. The fourth-order valence-corrected chi connectivity index (χ4v) is 3.99. The molecule has 0 radical (unpaired) electrons. The van der Waals surface area contributed by atoms with Crippen LogP contribution in [-0.4, -0.2) is 19.5 Å². The maximum absolute atomic E-state index is 4.74. The molecule has 6 aromatic rings. The zero-order chi connectivity index (χ0) is 17.1. The van der Waals surface area contributed by atoms with Crippen molar-refractivity contribution >= 4 is 43.7 Å². The molecule has 1 N–H and O–H groups in total. The Morgan fingerprint density at radius 2 is 1.58 bits per heavy atom. The third-order valence-corrected chi connectivity index (χ3v) is 5.07. The highest BCUT2D eigenvalue weighted by atomic mass is 15.0. The molecule has 0 bridgehead atoms. The van der Waals surface area contributed by atoms with Gasteiger partial charge in [-0.15, -0.1) is 0 Å². The van der Waals surface area contributed by atoms with Gasteiger partial charge in [-0.05, 0) is 41.8 Å². The number of para-hydroxylation sites is 1. The highest BCUT2D eigenvalue weighted by Gasteiger charge is 2.17. The van der Waals surface area contributed by atoms with Gasteiger partial charge in [-0.25, -0.2) is 4.98 Å². The minimum Gasteiger partial charge on any atom is -0.345 e. The van der Waals surface area contributed by atoms with Gasteiger partial charge in [0, 0.05) is 22.7 Å². The lowest BCUT2D eigenvalue weighted by Crippen LogP contribution is -1.93. The minimum absolute atomic E-state index is 0.992. The molecule has 0 aliphatic rings. The normalized spacial score (nSPS) is 11.8. The van der Waals surface area contributed by atoms with Gasteiger partial charge in [0.05, 0.1) is 33.9 Å². The average Bonchev–Trinajstić information content (AvgIpc) is 3.31. The molecule has 4 heteroatoms. The summed E-state index contributed by atoms with van der Waals surface area (Å²) in [6.45, 7) is 0. The van der Waals surface area contributed by atoms with E-state index in [2.05, 4.69) is 69.1 Å². The zero-order valence-electron chi connectivity index (χ0n) is 13.8. The van der Waals surface area contributed by atoms with Crippen molar-refractivity contribution in [3.05, 3.63) is 79.3 Å². The van der Waals surface area contributed by atoms with Crippen LogP contribution >= 0.6 is 0 Å². The summed E-state index contributed by atoms with van der Waals surface area (Å²) in [6, 6.07) is 23.1. The lowest BCUT2D eigenvalue weighted by Gasteiger charge is -2.07. The number of benzene rings is 3. The van der Waals surface area contributed by atoms with Crippen LogP contribution in [0.3, 0.4) is 0 Å². The second kappa shape index (κ2) is 4.92. The maximum Gasteiger partial charge on any atom is 0.0970 e. The van der Waals surface area contributed by atoms with E-state index in [4.69, 9.17) is 4.98 Å². The number of nitrogens with zero attached hydrogens (tertiary/aromatic N) is 3. The fourth-order valence-electron chi connectivity index (χ4n) is 3.99. The van der Waals surface area contributed by atoms with Crippen LogP contribution in [-0.2, 0) is 0 Å². The zero-order valence-corrected chi connectivity index (χ0v) is 13.8. The monoisotopic (exact) mass is 334 g/mol. The average molecular weight is 334 g/mol. The van der Waals surface area contributed by atoms with Gasteiger partial charge in [-0.2, -0.15) is 0 Å². The molecule has 0 aliphatic heterocycles. The number of aromatic amines is 1. The fraction of sp³-hybridized carbons (Fsp3) is 0. The molecular formula is C22H14N4. The summed E-state index contributed by atoms with van der Waals surface area (Å²) < 4.78 is 2.28. The highest BCUT2D eigenvalue weighted by molar-refractivity contribution is 6.26. The van der Waals surface area contributed by atoms with E-state index in [0.717, 1.165) is 44.0 Å². The largest absolute Gasteiger partial charge is 0.345 e. The van der Waals surface area contributed by atoms with Gasteiger partial charge < -0.3 is 9.55 Å². The summed E-state index contributed by atoms with van der Waals surface area (Å²) in [6.07, 6.45) is 3.62. The Kier molecular flexibility index (Phi) is 2.58. The van der Waals surface area contributed by atoms with Crippen molar-refractivity contribution in [1.82, 2.24) is 19.5 Å². The first kappa shape index (κ1) is 13.6. The number of H-pyrrole nitrogens is 1. The van der Waals surface area contributed by atoms with Gasteiger partial charge >= 0.3 is 0 Å². The molecule has 0 amide bonds. The van der Waals surface area contributed by atoms with Crippen LogP contribution < -0.4 is 0 Å². The second-order valence-corrected chi connectivity index (χ2v) is 6.46. The number of nitrogens with one attached hydrogen (secondary N) is 1. The molecule has 0 saturated heterocycles. The first-order valence-corrected chi connectivity index (χ1v) is 8.61. The van der Waals surface area contributed by atoms with Gasteiger partial charge in [-0.1, -0.05) is 30.3 Å². The lowest BCUT2D eigenvalue weighted by atomic mass is 10.0.